The third-order valence-corrected chi connectivity index (χ3v) is 3.70. The van der Waals surface area contributed by atoms with Crippen LogP contribution in [0.3, 0.4) is 0 Å². The number of hydrogen-bond donors (Lipinski definition) is 2. The normalized spacial score (nSPS) is 18.6. The van der Waals surface area contributed by atoms with E-state index in [9.17, 15) is 15.0 Å². The Morgan fingerprint density at radius 1 is 1.35 bits per heavy atom. The summed E-state index contributed by atoms with van der Waals surface area (Å²) in [6.45, 7) is 1.49. The van der Waals surface area contributed by atoms with E-state index in [0.29, 0.717) is 17.7 Å². The number of nitrogens with zero attached hydrogens (tertiary/aromatic N) is 3. The molecule has 0 aliphatic carbocycles. The van der Waals surface area contributed by atoms with Gasteiger partial charge in [0.2, 0.25) is 0 Å². The number of carboxylic acids is 1. The Bertz CT molecular complexity index is 659. The SMILES string of the molecule is O=C(O)c1nnc2ccccc2c1N1CCC(CO)C1. The van der Waals surface area contributed by atoms with Crippen LogP contribution in [0.1, 0.15) is 16.9 Å². The summed E-state index contributed by atoms with van der Waals surface area (Å²) in [6, 6.07) is 7.38. The number of aliphatic hydroxyl groups is 1. The zero-order valence-electron chi connectivity index (χ0n) is 10.9. The van der Waals surface area contributed by atoms with Crippen molar-refractivity contribution in [2.75, 3.05) is 24.6 Å². The van der Waals surface area contributed by atoms with Gasteiger partial charge in [-0.25, -0.2) is 4.79 Å². The molecule has 3 rings (SSSR count). The van der Waals surface area contributed by atoms with Gasteiger partial charge in [0.05, 0.1) is 11.2 Å². The molecule has 0 bridgehead atoms. The van der Waals surface area contributed by atoms with Gasteiger partial charge in [0, 0.05) is 31.0 Å². The van der Waals surface area contributed by atoms with E-state index in [1.807, 2.05) is 29.2 Å². The molecule has 1 atom stereocenters. The van der Waals surface area contributed by atoms with Crippen LogP contribution in [0, 0.1) is 5.92 Å². The second-order valence-electron chi connectivity index (χ2n) is 5.00. The highest BCUT2D eigenvalue weighted by molar-refractivity contribution is 6.02. The van der Waals surface area contributed by atoms with Crippen LogP contribution in [0.2, 0.25) is 0 Å². The molecule has 2 aromatic rings. The van der Waals surface area contributed by atoms with Gasteiger partial charge in [-0.3, -0.25) is 0 Å². The number of carboxylic acid groups (broad SMARTS) is 1. The molecule has 1 aliphatic rings. The van der Waals surface area contributed by atoms with Crippen molar-refractivity contribution >= 4 is 22.6 Å². The Morgan fingerprint density at radius 3 is 2.85 bits per heavy atom. The van der Waals surface area contributed by atoms with Gasteiger partial charge in [-0.1, -0.05) is 18.2 Å². The largest absolute Gasteiger partial charge is 0.476 e. The molecule has 2 heterocycles. The van der Waals surface area contributed by atoms with E-state index in [1.165, 1.54) is 0 Å². The van der Waals surface area contributed by atoms with Crippen LogP contribution in [0.4, 0.5) is 5.69 Å². The van der Waals surface area contributed by atoms with Crippen LogP contribution in [-0.4, -0.2) is 46.1 Å². The predicted molar refractivity (Wildman–Crippen MR) is 73.9 cm³/mol. The maximum absolute atomic E-state index is 11.4. The number of aromatic carboxylic acids is 1. The van der Waals surface area contributed by atoms with Crippen molar-refractivity contribution in [3.8, 4) is 0 Å². The molecule has 1 aromatic carbocycles. The van der Waals surface area contributed by atoms with Crippen LogP contribution in [-0.2, 0) is 0 Å². The summed E-state index contributed by atoms with van der Waals surface area (Å²) in [5.74, 6) is -0.894. The summed E-state index contributed by atoms with van der Waals surface area (Å²) in [4.78, 5) is 13.4. The number of hydrogen-bond acceptors (Lipinski definition) is 5. The maximum atomic E-state index is 11.4. The van der Waals surface area contributed by atoms with Gasteiger partial charge in [-0.15, -0.1) is 10.2 Å². The third-order valence-electron chi connectivity index (χ3n) is 3.70. The molecule has 0 radical (unpaired) electrons. The number of anilines is 1. The van der Waals surface area contributed by atoms with Crippen molar-refractivity contribution in [3.05, 3.63) is 30.0 Å². The molecule has 0 spiro atoms. The zero-order chi connectivity index (χ0) is 14.1. The lowest BCUT2D eigenvalue weighted by Crippen LogP contribution is -2.24. The summed E-state index contributed by atoms with van der Waals surface area (Å²) in [7, 11) is 0. The van der Waals surface area contributed by atoms with Crippen LogP contribution in [0.5, 0.6) is 0 Å². The van der Waals surface area contributed by atoms with Crippen molar-refractivity contribution in [3.63, 3.8) is 0 Å². The lowest BCUT2D eigenvalue weighted by Gasteiger charge is -2.21. The van der Waals surface area contributed by atoms with Gasteiger partial charge in [-0.2, -0.15) is 0 Å². The Hall–Kier alpha value is -2.21. The molecule has 6 nitrogen and oxygen atoms in total. The average Bonchev–Trinajstić information content (AvgIpc) is 2.94. The first kappa shape index (κ1) is 12.8. The van der Waals surface area contributed by atoms with Gasteiger partial charge < -0.3 is 15.1 Å². The smallest absolute Gasteiger partial charge is 0.358 e. The van der Waals surface area contributed by atoms with E-state index in [0.717, 1.165) is 18.4 Å². The fourth-order valence-corrected chi connectivity index (χ4v) is 2.69. The molecular formula is C14H15N3O3. The summed E-state index contributed by atoms with van der Waals surface area (Å²) < 4.78 is 0. The number of aliphatic hydroxyl groups excluding tert-OH is 1. The molecule has 1 unspecified atom stereocenters. The van der Waals surface area contributed by atoms with E-state index in [2.05, 4.69) is 10.2 Å². The van der Waals surface area contributed by atoms with E-state index in [4.69, 9.17) is 0 Å². The van der Waals surface area contributed by atoms with E-state index in [1.54, 1.807) is 0 Å². The molecular weight excluding hydrogens is 258 g/mol. The zero-order valence-corrected chi connectivity index (χ0v) is 10.9. The molecule has 6 heteroatoms. The summed E-state index contributed by atoms with van der Waals surface area (Å²) in [5.41, 5.74) is 1.27. The standard InChI is InChI=1S/C14H15N3O3/c18-8-9-5-6-17(7-9)13-10-3-1-2-4-11(10)15-16-12(13)14(19)20/h1-4,9,18H,5-8H2,(H,19,20). The molecule has 1 aromatic heterocycles. The Kier molecular flexibility index (Phi) is 3.23. The summed E-state index contributed by atoms with van der Waals surface area (Å²) >= 11 is 0. The Morgan fingerprint density at radius 2 is 2.15 bits per heavy atom. The summed E-state index contributed by atoms with van der Waals surface area (Å²) in [5, 5.41) is 27.2. The molecule has 0 saturated carbocycles. The topological polar surface area (TPSA) is 86.5 Å². The molecule has 1 fully saturated rings. The van der Waals surface area contributed by atoms with Crippen molar-refractivity contribution in [1.29, 1.82) is 0 Å². The van der Waals surface area contributed by atoms with Gasteiger partial charge in [-0.05, 0) is 12.5 Å². The van der Waals surface area contributed by atoms with Crippen LogP contribution in [0.15, 0.2) is 24.3 Å². The van der Waals surface area contributed by atoms with Crippen LogP contribution >= 0.6 is 0 Å². The molecule has 20 heavy (non-hydrogen) atoms. The number of aromatic nitrogens is 2. The number of fused-ring (bicyclic) bond motifs is 1. The molecule has 1 saturated heterocycles. The van der Waals surface area contributed by atoms with Crippen molar-refractivity contribution in [1.82, 2.24) is 10.2 Å². The molecule has 2 N–H and O–H groups in total. The molecule has 0 amide bonds. The van der Waals surface area contributed by atoms with E-state index < -0.39 is 5.97 Å². The molecule has 104 valence electrons. The van der Waals surface area contributed by atoms with E-state index >= 15 is 0 Å². The highest BCUT2D eigenvalue weighted by Gasteiger charge is 2.28. The van der Waals surface area contributed by atoms with Crippen molar-refractivity contribution in [2.24, 2.45) is 5.92 Å². The van der Waals surface area contributed by atoms with E-state index in [-0.39, 0.29) is 18.2 Å². The van der Waals surface area contributed by atoms with Crippen molar-refractivity contribution < 1.29 is 15.0 Å². The maximum Gasteiger partial charge on any atom is 0.358 e. The number of rotatable bonds is 3. The molecule has 1 aliphatic heterocycles. The minimum atomic E-state index is -1.08. The first-order valence-corrected chi connectivity index (χ1v) is 6.55. The lowest BCUT2D eigenvalue weighted by molar-refractivity contribution is 0.0690. The van der Waals surface area contributed by atoms with Gasteiger partial charge in [0.25, 0.3) is 0 Å². The number of benzene rings is 1. The number of carbonyl (C=O) groups is 1. The van der Waals surface area contributed by atoms with Gasteiger partial charge in [0.15, 0.2) is 5.69 Å². The minimum absolute atomic E-state index is 0.0257. The highest BCUT2D eigenvalue weighted by atomic mass is 16.4. The van der Waals surface area contributed by atoms with Crippen LogP contribution in [0.25, 0.3) is 10.9 Å². The quantitative estimate of drug-likeness (QED) is 0.872. The minimum Gasteiger partial charge on any atom is -0.476 e. The Labute approximate surface area is 115 Å². The fraction of sp³-hybridized carbons (Fsp3) is 0.357. The monoisotopic (exact) mass is 273 g/mol. The van der Waals surface area contributed by atoms with Gasteiger partial charge >= 0.3 is 5.97 Å². The predicted octanol–water partition coefficient (Wildman–Crippen LogP) is 1.15. The summed E-state index contributed by atoms with van der Waals surface area (Å²) in [6.07, 6.45) is 0.853. The van der Waals surface area contributed by atoms with Crippen molar-refractivity contribution in [2.45, 2.75) is 6.42 Å². The van der Waals surface area contributed by atoms with Gasteiger partial charge in [0.1, 0.15) is 0 Å². The first-order valence-electron chi connectivity index (χ1n) is 6.55. The third kappa shape index (κ3) is 2.08. The Balaban J connectivity index is 2.15. The second kappa shape index (κ2) is 5.05. The van der Waals surface area contributed by atoms with Crippen LogP contribution < -0.4 is 4.90 Å². The average molecular weight is 273 g/mol. The highest BCUT2D eigenvalue weighted by Crippen LogP contribution is 2.32. The first-order chi connectivity index (χ1) is 9.70. The lowest BCUT2D eigenvalue weighted by atomic mass is 10.1. The fourth-order valence-electron chi connectivity index (χ4n) is 2.69. The second-order valence-corrected chi connectivity index (χ2v) is 5.00.